The first kappa shape index (κ1) is 14.7. The zero-order valence-electron chi connectivity index (χ0n) is 11.5. The van der Waals surface area contributed by atoms with Crippen molar-refractivity contribution in [3.8, 4) is 0 Å². The smallest absolute Gasteiger partial charge is 0.344 e. The van der Waals surface area contributed by atoms with Crippen LogP contribution in [0.15, 0.2) is 12.2 Å². The third-order valence-electron chi connectivity index (χ3n) is 3.38. The summed E-state index contributed by atoms with van der Waals surface area (Å²) in [7, 11) is 0. The van der Waals surface area contributed by atoms with E-state index in [4.69, 9.17) is 9.47 Å². The van der Waals surface area contributed by atoms with Gasteiger partial charge in [-0.1, -0.05) is 19.4 Å². The second kappa shape index (κ2) is 6.03. The first-order chi connectivity index (χ1) is 8.33. The molecule has 0 bridgehead atoms. The van der Waals surface area contributed by atoms with Gasteiger partial charge in [0.05, 0.1) is 0 Å². The topological polar surface area (TPSA) is 52.6 Å². The van der Waals surface area contributed by atoms with Gasteiger partial charge in [0.25, 0.3) is 0 Å². The Hall–Kier alpha value is -1.32. The number of carbonyl (C=O) groups is 2. The van der Waals surface area contributed by atoms with Crippen molar-refractivity contribution in [1.82, 2.24) is 0 Å². The zero-order chi connectivity index (χ0) is 13.8. The molecule has 1 aliphatic rings. The fourth-order valence-corrected chi connectivity index (χ4v) is 2.27. The number of carbonyl (C=O) groups excluding carboxylic acids is 2. The molecule has 0 aromatic rings. The lowest BCUT2D eigenvalue weighted by Gasteiger charge is -2.31. The number of hydrogen-bond donors (Lipinski definition) is 0. The van der Waals surface area contributed by atoms with E-state index in [0.29, 0.717) is 5.92 Å². The Morgan fingerprint density at radius 3 is 2.33 bits per heavy atom. The summed E-state index contributed by atoms with van der Waals surface area (Å²) < 4.78 is 10.2. The molecular formula is C14H22O4. The van der Waals surface area contributed by atoms with E-state index in [0.717, 1.165) is 12.8 Å². The average molecular weight is 254 g/mol. The third-order valence-corrected chi connectivity index (χ3v) is 3.38. The highest BCUT2D eigenvalue weighted by atomic mass is 16.6. The Morgan fingerprint density at radius 2 is 1.83 bits per heavy atom. The highest BCUT2D eigenvalue weighted by Gasteiger charge is 2.35. The van der Waals surface area contributed by atoms with Crippen LogP contribution in [0.25, 0.3) is 0 Å². The summed E-state index contributed by atoms with van der Waals surface area (Å²) >= 11 is 0. The molecular weight excluding hydrogens is 232 g/mol. The molecule has 0 atom stereocenters. The van der Waals surface area contributed by atoms with Gasteiger partial charge in [0, 0.05) is 5.57 Å². The van der Waals surface area contributed by atoms with E-state index in [-0.39, 0.29) is 12.2 Å². The molecule has 0 unspecified atom stereocenters. The molecule has 4 nitrogen and oxygen atoms in total. The van der Waals surface area contributed by atoms with Crippen LogP contribution in [0.5, 0.6) is 0 Å². The summed E-state index contributed by atoms with van der Waals surface area (Å²) in [5.74, 6) is -0.662. The summed E-state index contributed by atoms with van der Waals surface area (Å²) in [5, 5.41) is 0. The van der Waals surface area contributed by atoms with Gasteiger partial charge in [-0.25, -0.2) is 9.59 Å². The molecule has 0 amide bonds. The van der Waals surface area contributed by atoms with E-state index in [9.17, 15) is 9.59 Å². The standard InChI is InChI=1S/C14H22O4/c1-10(2)13(16)17-9-12(15)18-14(3,4)11-7-5-6-8-11/h11H,1,5-9H2,2-4H3. The van der Waals surface area contributed by atoms with Crippen molar-refractivity contribution in [2.24, 2.45) is 5.92 Å². The predicted octanol–water partition coefficient (Wildman–Crippen LogP) is 2.62. The van der Waals surface area contributed by atoms with Crippen molar-refractivity contribution in [3.05, 3.63) is 12.2 Å². The fourth-order valence-electron chi connectivity index (χ4n) is 2.27. The van der Waals surface area contributed by atoms with E-state index in [1.54, 1.807) is 0 Å². The maximum atomic E-state index is 11.6. The molecule has 18 heavy (non-hydrogen) atoms. The highest BCUT2D eigenvalue weighted by molar-refractivity contribution is 5.88. The highest BCUT2D eigenvalue weighted by Crippen LogP contribution is 2.36. The van der Waals surface area contributed by atoms with Crippen LogP contribution in [0.2, 0.25) is 0 Å². The van der Waals surface area contributed by atoms with Crippen molar-refractivity contribution < 1.29 is 19.1 Å². The second-order valence-corrected chi connectivity index (χ2v) is 5.42. The minimum atomic E-state index is -0.564. The molecule has 4 heteroatoms. The van der Waals surface area contributed by atoms with Gasteiger partial charge in [-0.2, -0.15) is 0 Å². The maximum Gasteiger partial charge on any atom is 0.344 e. The zero-order valence-corrected chi connectivity index (χ0v) is 11.5. The van der Waals surface area contributed by atoms with Gasteiger partial charge in [-0.15, -0.1) is 0 Å². The van der Waals surface area contributed by atoms with Crippen LogP contribution in [-0.2, 0) is 19.1 Å². The van der Waals surface area contributed by atoms with Gasteiger partial charge in [0.1, 0.15) is 5.60 Å². The lowest BCUT2D eigenvalue weighted by Crippen LogP contribution is -2.36. The summed E-state index contributed by atoms with van der Waals surface area (Å²) in [5.41, 5.74) is -0.207. The third kappa shape index (κ3) is 4.17. The van der Waals surface area contributed by atoms with E-state index in [2.05, 4.69) is 6.58 Å². The van der Waals surface area contributed by atoms with Crippen molar-refractivity contribution in [2.45, 2.75) is 52.1 Å². The van der Waals surface area contributed by atoms with Gasteiger partial charge >= 0.3 is 11.9 Å². The summed E-state index contributed by atoms with van der Waals surface area (Å²) in [6.45, 7) is 8.47. The van der Waals surface area contributed by atoms with Gasteiger partial charge in [-0.05, 0) is 39.5 Å². The molecule has 0 N–H and O–H groups in total. The largest absolute Gasteiger partial charge is 0.457 e. The first-order valence-electron chi connectivity index (χ1n) is 6.37. The Kier molecular flexibility index (Phi) is 4.93. The summed E-state index contributed by atoms with van der Waals surface area (Å²) in [4.78, 5) is 22.8. The molecule has 0 saturated heterocycles. The SMILES string of the molecule is C=C(C)C(=O)OCC(=O)OC(C)(C)C1CCCC1. The Balaban J connectivity index is 2.39. The predicted molar refractivity (Wildman–Crippen MR) is 67.9 cm³/mol. The van der Waals surface area contributed by atoms with Crippen LogP contribution < -0.4 is 0 Å². The van der Waals surface area contributed by atoms with Crippen LogP contribution >= 0.6 is 0 Å². The van der Waals surface area contributed by atoms with Crippen LogP contribution in [0.1, 0.15) is 46.5 Å². The van der Waals surface area contributed by atoms with E-state index < -0.39 is 17.5 Å². The number of hydrogen-bond acceptors (Lipinski definition) is 4. The van der Waals surface area contributed by atoms with E-state index >= 15 is 0 Å². The minimum absolute atomic E-state index is 0.276. The molecule has 1 aliphatic carbocycles. The molecule has 0 radical (unpaired) electrons. The van der Waals surface area contributed by atoms with Crippen molar-refractivity contribution in [3.63, 3.8) is 0 Å². The molecule has 0 aliphatic heterocycles. The van der Waals surface area contributed by atoms with Crippen LogP contribution in [0.4, 0.5) is 0 Å². The lowest BCUT2D eigenvalue weighted by atomic mass is 9.89. The van der Waals surface area contributed by atoms with Crippen LogP contribution in [-0.4, -0.2) is 24.1 Å². The maximum absolute atomic E-state index is 11.6. The van der Waals surface area contributed by atoms with Gasteiger partial charge in [0.15, 0.2) is 6.61 Å². The lowest BCUT2D eigenvalue weighted by molar-refractivity contribution is -0.170. The molecule has 0 heterocycles. The van der Waals surface area contributed by atoms with Crippen molar-refractivity contribution >= 4 is 11.9 Å². The second-order valence-electron chi connectivity index (χ2n) is 5.42. The van der Waals surface area contributed by atoms with Gasteiger partial charge in [0.2, 0.25) is 0 Å². The van der Waals surface area contributed by atoms with Crippen molar-refractivity contribution in [1.29, 1.82) is 0 Å². The molecule has 1 rings (SSSR count). The normalized spacial score (nSPS) is 16.4. The number of esters is 2. The fraction of sp³-hybridized carbons (Fsp3) is 0.714. The Labute approximate surface area is 108 Å². The average Bonchev–Trinajstić information content (AvgIpc) is 2.78. The van der Waals surface area contributed by atoms with Crippen LogP contribution in [0, 0.1) is 5.92 Å². The quantitative estimate of drug-likeness (QED) is 0.559. The van der Waals surface area contributed by atoms with E-state index in [1.807, 2.05) is 13.8 Å². The molecule has 0 aromatic carbocycles. The van der Waals surface area contributed by atoms with Gasteiger partial charge < -0.3 is 9.47 Å². The van der Waals surface area contributed by atoms with Crippen molar-refractivity contribution in [2.75, 3.05) is 6.61 Å². The first-order valence-corrected chi connectivity index (χ1v) is 6.37. The minimum Gasteiger partial charge on any atom is -0.457 e. The monoisotopic (exact) mass is 254 g/mol. The van der Waals surface area contributed by atoms with Crippen LogP contribution in [0.3, 0.4) is 0 Å². The summed E-state index contributed by atoms with van der Waals surface area (Å²) in [6, 6.07) is 0. The van der Waals surface area contributed by atoms with E-state index in [1.165, 1.54) is 19.8 Å². The molecule has 0 spiro atoms. The summed E-state index contributed by atoms with van der Waals surface area (Å²) in [6.07, 6.45) is 4.56. The Morgan fingerprint density at radius 1 is 1.28 bits per heavy atom. The molecule has 1 fully saturated rings. The number of ether oxygens (including phenoxy) is 2. The molecule has 1 saturated carbocycles. The Bertz CT molecular complexity index is 338. The van der Waals surface area contributed by atoms with Gasteiger partial charge in [-0.3, -0.25) is 0 Å². The number of rotatable bonds is 5. The molecule has 102 valence electrons. The molecule has 0 aromatic heterocycles.